The van der Waals surface area contributed by atoms with Crippen LogP contribution < -0.4 is 5.32 Å². The summed E-state index contributed by atoms with van der Waals surface area (Å²) in [6.07, 6.45) is 2.03. The number of anilines is 1. The first-order valence-electron chi connectivity index (χ1n) is 6.13. The van der Waals surface area contributed by atoms with Crippen molar-refractivity contribution in [2.24, 2.45) is 0 Å². The summed E-state index contributed by atoms with van der Waals surface area (Å²) in [6.45, 7) is 0. The van der Waals surface area contributed by atoms with E-state index >= 15 is 0 Å². The fourth-order valence-electron chi connectivity index (χ4n) is 2.53. The number of nitrogens with one attached hydrogen (secondary N) is 1. The van der Waals surface area contributed by atoms with E-state index in [9.17, 15) is 4.39 Å². The molecule has 1 nitrogen and oxygen atoms in total. The molecule has 19 heavy (non-hydrogen) atoms. The highest BCUT2D eigenvalue weighted by molar-refractivity contribution is 9.10. The zero-order valence-electron chi connectivity index (χ0n) is 10.1. The molecule has 0 aromatic heterocycles. The Kier molecular flexibility index (Phi) is 3.50. The van der Waals surface area contributed by atoms with E-state index in [4.69, 9.17) is 11.6 Å². The Bertz CT molecular complexity index is 630. The highest BCUT2D eigenvalue weighted by Gasteiger charge is 2.23. The van der Waals surface area contributed by atoms with E-state index in [1.807, 2.05) is 6.07 Å². The normalized spacial score (nSPS) is 17.3. The average molecular weight is 341 g/mol. The lowest BCUT2D eigenvalue weighted by atomic mass is 10.1. The van der Waals surface area contributed by atoms with Crippen molar-refractivity contribution in [3.63, 3.8) is 0 Å². The molecule has 1 atom stereocenters. The Hall–Kier alpha value is -1.06. The lowest BCUT2D eigenvalue weighted by molar-refractivity contribution is 0.627. The number of aryl methyl sites for hydroxylation is 1. The van der Waals surface area contributed by atoms with Crippen LogP contribution in [0.1, 0.15) is 23.6 Å². The Morgan fingerprint density at radius 3 is 2.89 bits per heavy atom. The van der Waals surface area contributed by atoms with Crippen LogP contribution in [0.4, 0.5) is 10.1 Å². The Morgan fingerprint density at radius 1 is 1.21 bits per heavy atom. The minimum Gasteiger partial charge on any atom is -0.377 e. The van der Waals surface area contributed by atoms with Gasteiger partial charge in [0.15, 0.2) is 0 Å². The van der Waals surface area contributed by atoms with Gasteiger partial charge in [-0.25, -0.2) is 4.39 Å². The van der Waals surface area contributed by atoms with Crippen LogP contribution in [0.3, 0.4) is 0 Å². The first kappa shape index (κ1) is 12.9. The van der Waals surface area contributed by atoms with Gasteiger partial charge in [-0.05, 0) is 54.3 Å². The molecule has 0 aliphatic heterocycles. The number of halogens is 3. The van der Waals surface area contributed by atoms with Gasteiger partial charge in [-0.1, -0.05) is 33.6 Å². The van der Waals surface area contributed by atoms with Crippen molar-refractivity contribution < 1.29 is 4.39 Å². The van der Waals surface area contributed by atoms with Gasteiger partial charge in [0.2, 0.25) is 0 Å². The van der Waals surface area contributed by atoms with Crippen LogP contribution >= 0.6 is 27.5 Å². The quantitative estimate of drug-likeness (QED) is 0.778. The molecule has 2 aromatic rings. The van der Waals surface area contributed by atoms with Crippen LogP contribution in [0.2, 0.25) is 5.02 Å². The molecule has 1 aliphatic carbocycles. The summed E-state index contributed by atoms with van der Waals surface area (Å²) in [5.74, 6) is -0.277. The smallest absolute Gasteiger partial charge is 0.125 e. The molecule has 0 heterocycles. The second-order valence-electron chi connectivity index (χ2n) is 4.70. The fourth-order valence-corrected chi connectivity index (χ4v) is 3.11. The molecular formula is C15H12BrClFN. The summed E-state index contributed by atoms with van der Waals surface area (Å²) in [7, 11) is 0. The zero-order chi connectivity index (χ0) is 13.4. The van der Waals surface area contributed by atoms with E-state index in [0.29, 0.717) is 10.7 Å². The first-order valence-corrected chi connectivity index (χ1v) is 7.30. The van der Waals surface area contributed by atoms with Gasteiger partial charge < -0.3 is 5.32 Å². The van der Waals surface area contributed by atoms with E-state index in [-0.39, 0.29) is 11.9 Å². The number of fused-ring (bicyclic) bond motifs is 1. The van der Waals surface area contributed by atoms with Gasteiger partial charge >= 0.3 is 0 Å². The summed E-state index contributed by atoms with van der Waals surface area (Å²) in [6, 6.07) is 10.9. The molecule has 1 aliphatic rings. The maximum Gasteiger partial charge on any atom is 0.125 e. The minimum absolute atomic E-state index is 0.197. The maximum atomic E-state index is 13.3. The van der Waals surface area contributed by atoms with E-state index in [0.717, 1.165) is 17.3 Å². The van der Waals surface area contributed by atoms with Gasteiger partial charge in [0, 0.05) is 4.47 Å². The van der Waals surface area contributed by atoms with Crippen LogP contribution in [-0.2, 0) is 6.42 Å². The van der Waals surface area contributed by atoms with Crippen LogP contribution in [0.15, 0.2) is 40.9 Å². The molecule has 2 aromatic carbocycles. The second-order valence-corrected chi connectivity index (χ2v) is 6.03. The molecule has 0 fully saturated rings. The maximum absolute atomic E-state index is 13.3. The van der Waals surface area contributed by atoms with Gasteiger partial charge in [-0.15, -0.1) is 0 Å². The predicted molar refractivity (Wildman–Crippen MR) is 80.2 cm³/mol. The summed E-state index contributed by atoms with van der Waals surface area (Å²) in [4.78, 5) is 0. The van der Waals surface area contributed by atoms with E-state index in [1.54, 1.807) is 6.07 Å². The number of hydrogen-bond donors (Lipinski definition) is 1. The fraction of sp³-hybridized carbons (Fsp3) is 0.200. The minimum atomic E-state index is -0.277. The Morgan fingerprint density at radius 2 is 2.05 bits per heavy atom. The highest BCUT2D eigenvalue weighted by Crippen LogP contribution is 2.36. The largest absolute Gasteiger partial charge is 0.377 e. The van der Waals surface area contributed by atoms with Gasteiger partial charge in [0.05, 0.1) is 16.8 Å². The zero-order valence-corrected chi connectivity index (χ0v) is 12.4. The van der Waals surface area contributed by atoms with Crippen LogP contribution in [0, 0.1) is 5.82 Å². The van der Waals surface area contributed by atoms with Crippen LogP contribution in [0.25, 0.3) is 0 Å². The molecule has 0 bridgehead atoms. The van der Waals surface area contributed by atoms with Gasteiger partial charge in [-0.3, -0.25) is 0 Å². The summed E-state index contributed by atoms with van der Waals surface area (Å²) in [5.41, 5.74) is 3.25. The summed E-state index contributed by atoms with van der Waals surface area (Å²) < 4.78 is 14.4. The summed E-state index contributed by atoms with van der Waals surface area (Å²) in [5, 5.41) is 3.89. The van der Waals surface area contributed by atoms with E-state index < -0.39 is 0 Å². The molecule has 0 spiro atoms. The Balaban J connectivity index is 1.88. The molecule has 0 saturated heterocycles. The third kappa shape index (κ3) is 2.63. The molecule has 1 unspecified atom stereocenters. The average Bonchev–Trinajstić information content (AvgIpc) is 2.76. The lowest BCUT2D eigenvalue weighted by Gasteiger charge is -2.16. The highest BCUT2D eigenvalue weighted by atomic mass is 79.9. The van der Waals surface area contributed by atoms with Gasteiger partial charge in [0.1, 0.15) is 5.82 Å². The third-order valence-electron chi connectivity index (χ3n) is 3.44. The summed E-state index contributed by atoms with van der Waals surface area (Å²) >= 11 is 9.57. The molecule has 1 N–H and O–H groups in total. The van der Waals surface area contributed by atoms with Crippen molar-refractivity contribution in [2.75, 3.05) is 5.32 Å². The van der Waals surface area contributed by atoms with Gasteiger partial charge in [-0.2, -0.15) is 0 Å². The molecule has 0 radical (unpaired) electrons. The monoisotopic (exact) mass is 339 g/mol. The number of benzene rings is 2. The molecule has 4 heteroatoms. The Labute approximate surface area is 124 Å². The van der Waals surface area contributed by atoms with Crippen molar-refractivity contribution in [2.45, 2.75) is 18.9 Å². The lowest BCUT2D eigenvalue weighted by Crippen LogP contribution is -2.07. The van der Waals surface area contributed by atoms with Crippen molar-refractivity contribution in [1.82, 2.24) is 0 Å². The first-order chi connectivity index (χ1) is 9.13. The van der Waals surface area contributed by atoms with E-state index in [1.165, 1.54) is 23.3 Å². The van der Waals surface area contributed by atoms with Crippen LogP contribution in [-0.4, -0.2) is 0 Å². The third-order valence-corrected chi connectivity index (χ3v) is 4.26. The van der Waals surface area contributed by atoms with Crippen molar-refractivity contribution >= 4 is 33.2 Å². The SMILES string of the molecule is Fc1ccc(Cl)c(NC2CCc3cc(Br)ccc32)c1. The molecule has 0 amide bonds. The number of rotatable bonds is 2. The number of hydrogen-bond acceptors (Lipinski definition) is 1. The van der Waals surface area contributed by atoms with Crippen molar-refractivity contribution in [3.05, 3.63) is 62.8 Å². The van der Waals surface area contributed by atoms with Crippen molar-refractivity contribution in [3.8, 4) is 0 Å². The second kappa shape index (κ2) is 5.14. The van der Waals surface area contributed by atoms with Gasteiger partial charge in [0.25, 0.3) is 0 Å². The molecule has 98 valence electrons. The molecule has 0 saturated carbocycles. The van der Waals surface area contributed by atoms with Crippen LogP contribution in [0.5, 0.6) is 0 Å². The standard InChI is InChI=1S/C15H12BrClFN/c16-10-2-4-12-9(7-10)1-6-14(12)19-15-8-11(18)3-5-13(15)17/h2-5,7-8,14,19H,1,6H2. The predicted octanol–water partition coefficient (Wildman–Crippen LogP) is 5.34. The molecular weight excluding hydrogens is 329 g/mol. The molecule has 3 rings (SSSR count). The van der Waals surface area contributed by atoms with E-state index in [2.05, 4.69) is 33.4 Å². The van der Waals surface area contributed by atoms with Crippen molar-refractivity contribution in [1.29, 1.82) is 0 Å². The topological polar surface area (TPSA) is 12.0 Å².